The van der Waals surface area contributed by atoms with Crippen molar-refractivity contribution in [1.82, 2.24) is 5.32 Å². The first kappa shape index (κ1) is 11.9. The maximum Gasteiger partial charge on any atom is 0.236 e. The molecule has 19 heavy (non-hydrogen) atoms. The molecule has 1 aromatic rings. The van der Waals surface area contributed by atoms with Crippen molar-refractivity contribution >= 4 is 40.6 Å². The Kier molecular flexibility index (Phi) is 3.04. The lowest BCUT2D eigenvalue weighted by atomic mass is 10.1. The number of amides is 2. The molecule has 1 fully saturated rings. The fourth-order valence-electron chi connectivity index (χ4n) is 1.86. The zero-order valence-electron chi connectivity index (χ0n) is 9.84. The maximum atomic E-state index is 11.2. The average Bonchev–Trinajstić information content (AvgIpc) is 2.94. The highest BCUT2D eigenvalue weighted by molar-refractivity contribution is 8.15. The van der Waals surface area contributed by atoms with E-state index in [0.29, 0.717) is 17.3 Å². The number of carbonyl (C=O) groups excluding carboxylic acids is 2. The predicted octanol–water partition coefficient (Wildman–Crippen LogP) is 0.734. The molecule has 96 valence electrons. The highest BCUT2D eigenvalue weighted by Gasteiger charge is 2.17. The van der Waals surface area contributed by atoms with Gasteiger partial charge in [-0.2, -0.15) is 5.10 Å². The molecule has 0 bridgehead atoms. The second-order valence-corrected chi connectivity index (χ2v) is 5.09. The van der Waals surface area contributed by atoms with Crippen molar-refractivity contribution < 1.29 is 9.59 Å². The Hall–Kier alpha value is -2.15. The third kappa shape index (κ3) is 2.65. The largest absolute Gasteiger partial charge is 0.326 e. The number of fused-ring (bicyclic) bond motifs is 1. The Morgan fingerprint density at radius 3 is 2.89 bits per heavy atom. The van der Waals surface area contributed by atoms with Gasteiger partial charge in [0.25, 0.3) is 0 Å². The second kappa shape index (κ2) is 4.85. The van der Waals surface area contributed by atoms with Crippen LogP contribution in [0.1, 0.15) is 11.1 Å². The maximum absolute atomic E-state index is 11.2. The standard InChI is InChI=1S/C12H10N4O2S/c17-10-4-8-3-7(1-2-9(8)14-10)5-13-16-12-15-11(18)6-19-12/h1-3,5H,4,6H2,(H,14,17)(H,15,16,18). The van der Waals surface area contributed by atoms with Gasteiger partial charge >= 0.3 is 0 Å². The van der Waals surface area contributed by atoms with Crippen LogP contribution in [0.2, 0.25) is 0 Å². The Balaban J connectivity index is 1.72. The van der Waals surface area contributed by atoms with E-state index >= 15 is 0 Å². The Labute approximate surface area is 113 Å². The number of hydrogen-bond donors (Lipinski definition) is 2. The quantitative estimate of drug-likeness (QED) is 0.616. The van der Waals surface area contributed by atoms with Gasteiger partial charge in [-0.05, 0) is 23.3 Å². The minimum Gasteiger partial charge on any atom is -0.326 e. The minimum atomic E-state index is -0.0546. The number of carbonyl (C=O) groups is 2. The van der Waals surface area contributed by atoms with Crippen molar-refractivity contribution in [2.45, 2.75) is 6.42 Å². The highest BCUT2D eigenvalue weighted by atomic mass is 32.2. The Morgan fingerprint density at radius 2 is 2.11 bits per heavy atom. The van der Waals surface area contributed by atoms with Crippen molar-refractivity contribution in [2.75, 3.05) is 11.1 Å². The summed E-state index contributed by atoms with van der Waals surface area (Å²) < 4.78 is 0. The average molecular weight is 274 g/mol. The van der Waals surface area contributed by atoms with Gasteiger partial charge in [-0.1, -0.05) is 17.8 Å². The molecule has 0 aromatic heterocycles. The first-order valence-corrected chi connectivity index (χ1v) is 6.66. The van der Waals surface area contributed by atoms with Crippen LogP contribution in [0.4, 0.5) is 5.69 Å². The molecule has 3 rings (SSSR count). The van der Waals surface area contributed by atoms with Crippen LogP contribution in [-0.2, 0) is 16.0 Å². The molecule has 0 atom stereocenters. The third-order valence-electron chi connectivity index (χ3n) is 2.70. The van der Waals surface area contributed by atoms with Gasteiger partial charge in [0.05, 0.1) is 18.4 Å². The van der Waals surface area contributed by atoms with Crippen molar-refractivity contribution in [3.05, 3.63) is 29.3 Å². The summed E-state index contributed by atoms with van der Waals surface area (Å²) in [5.74, 6) is 0.344. The minimum absolute atomic E-state index is 0.00870. The summed E-state index contributed by atoms with van der Waals surface area (Å²) in [7, 11) is 0. The van der Waals surface area contributed by atoms with E-state index < -0.39 is 0 Å². The molecule has 2 N–H and O–H groups in total. The van der Waals surface area contributed by atoms with Crippen LogP contribution in [0.15, 0.2) is 28.4 Å². The molecule has 2 amide bonds. The number of nitrogens with one attached hydrogen (secondary N) is 2. The van der Waals surface area contributed by atoms with Crippen molar-refractivity contribution in [3.8, 4) is 0 Å². The first-order valence-electron chi connectivity index (χ1n) is 5.67. The van der Waals surface area contributed by atoms with Gasteiger partial charge in [-0.3, -0.25) is 9.59 Å². The summed E-state index contributed by atoms with van der Waals surface area (Å²) in [4.78, 5) is 22.2. The monoisotopic (exact) mass is 274 g/mol. The lowest BCUT2D eigenvalue weighted by molar-refractivity contribution is -0.117. The van der Waals surface area contributed by atoms with E-state index in [9.17, 15) is 9.59 Å². The Morgan fingerprint density at radius 1 is 1.21 bits per heavy atom. The molecule has 6 nitrogen and oxygen atoms in total. The van der Waals surface area contributed by atoms with Crippen molar-refractivity contribution in [3.63, 3.8) is 0 Å². The highest BCUT2D eigenvalue weighted by Crippen LogP contribution is 2.23. The van der Waals surface area contributed by atoms with E-state index in [1.54, 1.807) is 6.21 Å². The van der Waals surface area contributed by atoms with Crippen LogP contribution in [0.5, 0.6) is 0 Å². The van der Waals surface area contributed by atoms with Crippen molar-refractivity contribution in [1.29, 1.82) is 0 Å². The fraction of sp³-hybridized carbons (Fsp3) is 0.167. The topological polar surface area (TPSA) is 82.9 Å². The van der Waals surface area contributed by atoms with Gasteiger partial charge in [0.2, 0.25) is 11.8 Å². The van der Waals surface area contributed by atoms with Crippen LogP contribution >= 0.6 is 11.8 Å². The molecule has 1 saturated heterocycles. The van der Waals surface area contributed by atoms with Gasteiger partial charge in [0, 0.05) is 5.69 Å². The van der Waals surface area contributed by atoms with Crippen molar-refractivity contribution in [2.24, 2.45) is 10.2 Å². The van der Waals surface area contributed by atoms with Crippen LogP contribution in [0.3, 0.4) is 0 Å². The van der Waals surface area contributed by atoms with Gasteiger partial charge in [-0.25, -0.2) is 0 Å². The molecule has 2 aliphatic heterocycles. The van der Waals surface area contributed by atoms with E-state index in [2.05, 4.69) is 20.8 Å². The first-order chi connectivity index (χ1) is 9.20. The van der Waals surface area contributed by atoms with Gasteiger partial charge < -0.3 is 10.6 Å². The molecule has 1 aromatic carbocycles. The van der Waals surface area contributed by atoms with Gasteiger partial charge in [-0.15, -0.1) is 5.10 Å². The number of thioether (sulfide) groups is 1. The lowest BCUT2D eigenvalue weighted by Crippen LogP contribution is -2.19. The zero-order valence-corrected chi connectivity index (χ0v) is 10.7. The van der Waals surface area contributed by atoms with E-state index in [0.717, 1.165) is 16.8 Å². The molecular weight excluding hydrogens is 264 g/mol. The third-order valence-corrected chi connectivity index (χ3v) is 3.56. The van der Waals surface area contributed by atoms with Gasteiger partial charge in [0.15, 0.2) is 5.17 Å². The van der Waals surface area contributed by atoms with Crippen LogP contribution in [-0.4, -0.2) is 28.9 Å². The molecule has 0 aliphatic carbocycles. The van der Waals surface area contributed by atoms with Crippen LogP contribution < -0.4 is 10.6 Å². The number of anilines is 1. The van der Waals surface area contributed by atoms with Crippen LogP contribution in [0, 0.1) is 0 Å². The zero-order chi connectivity index (χ0) is 13.2. The summed E-state index contributed by atoms with van der Waals surface area (Å²) in [6, 6.07) is 5.60. The molecule has 0 saturated carbocycles. The summed E-state index contributed by atoms with van der Waals surface area (Å²) >= 11 is 1.33. The number of nitrogens with zero attached hydrogens (tertiary/aromatic N) is 2. The molecular formula is C12H10N4O2S. The number of rotatable bonds is 2. The van der Waals surface area contributed by atoms with Crippen LogP contribution in [0.25, 0.3) is 0 Å². The number of benzene rings is 1. The normalized spacial score (nSPS) is 19.9. The fourth-order valence-corrected chi connectivity index (χ4v) is 2.49. The summed E-state index contributed by atoms with van der Waals surface area (Å²) in [5.41, 5.74) is 2.69. The van der Waals surface area contributed by atoms with E-state index in [4.69, 9.17) is 0 Å². The number of hydrogen-bond acceptors (Lipinski definition) is 5. The lowest BCUT2D eigenvalue weighted by Gasteiger charge is -1.98. The van der Waals surface area contributed by atoms with Gasteiger partial charge in [0.1, 0.15) is 0 Å². The molecule has 0 spiro atoms. The molecule has 2 heterocycles. The molecule has 0 unspecified atom stereocenters. The Bertz CT molecular complexity index is 624. The summed E-state index contributed by atoms with van der Waals surface area (Å²) in [6.45, 7) is 0. The van der Waals surface area contributed by atoms with E-state index in [-0.39, 0.29) is 11.8 Å². The SMILES string of the molecule is O=C1CSC(=NN=Cc2ccc3c(c2)CC(=O)N3)N1. The summed E-state index contributed by atoms with van der Waals surface area (Å²) in [6.07, 6.45) is 2.00. The van der Waals surface area contributed by atoms with E-state index in [1.165, 1.54) is 11.8 Å². The molecule has 2 aliphatic rings. The number of amidine groups is 1. The molecule has 0 radical (unpaired) electrons. The summed E-state index contributed by atoms with van der Waals surface area (Å²) in [5, 5.41) is 13.7. The van der Waals surface area contributed by atoms with E-state index in [1.807, 2.05) is 18.2 Å². The smallest absolute Gasteiger partial charge is 0.236 e. The second-order valence-electron chi connectivity index (χ2n) is 4.13. The predicted molar refractivity (Wildman–Crippen MR) is 74.4 cm³/mol. The molecule has 7 heteroatoms.